The minimum Gasteiger partial charge on any atom is -0.378 e. The van der Waals surface area contributed by atoms with Gasteiger partial charge in [-0.3, -0.25) is 0 Å². The van der Waals surface area contributed by atoms with Crippen LogP contribution in [0.5, 0.6) is 0 Å². The highest BCUT2D eigenvalue weighted by atomic mass is 32.2. The van der Waals surface area contributed by atoms with E-state index < -0.39 is 9.84 Å². The van der Waals surface area contributed by atoms with Crippen LogP contribution in [-0.2, 0) is 21.1 Å². The van der Waals surface area contributed by atoms with Gasteiger partial charge in [-0.25, -0.2) is 8.42 Å². The predicted octanol–water partition coefficient (Wildman–Crippen LogP) is 2.53. The normalized spacial score (nSPS) is 23.0. The fourth-order valence-electron chi connectivity index (χ4n) is 2.89. The molecule has 0 radical (unpaired) electrons. The molecule has 1 N–H and O–H groups in total. The third kappa shape index (κ3) is 2.65. The molecule has 1 aliphatic rings. The summed E-state index contributed by atoms with van der Waals surface area (Å²) in [6.45, 7) is 3.58. The van der Waals surface area contributed by atoms with E-state index in [9.17, 15) is 8.42 Å². The summed E-state index contributed by atoms with van der Waals surface area (Å²) in [6, 6.07) is 5.26. The number of rotatable bonds is 3. The first-order valence-corrected chi connectivity index (χ1v) is 9.21. The minimum atomic E-state index is -3.29. The Morgan fingerprint density at radius 2 is 2.24 bits per heavy atom. The molecule has 0 amide bonds. The Hall–Kier alpha value is -1.18. The van der Waals surface area contributed by atoms with E-state index in [1.165, 1.54) is 6.26 Å². The van der Waals surface area contributed by atoms with E-state index in [2.05, 4.69) is 11.9 Å². The van der Waals surface area contributed by atoms with Crippen LogP contribution in [0.2, 0.25) is 0 Å². The second-order valence-electron chi connectivity index (χ2n) is 5.59. The summed E-state index contributed by atoms with van der Waals surface area (Å²) in [4.78, 5) is 3.34. The molecule has 7 heteroatoms. The molecule has 0 bridgehead atoms. The number of imidazole rings is 1. The molecule has 21 heavy (non-hydrogen) atoms. The SMILES string of the molecule is CC1OCCC1Cn1c(=S)[nH]c2c(S(C)(=O)=O)cccc21. The molecular formula is C14H18N2O3S2. The molecule has 1 saturated heterocycles. The molecule has 2 atom stereocenters. The largest absolute Gasteiger partial charge is 0.378 e. The first-order valence-electron chi connectivity index (χ1n) is 6.91. The molecule has 0 aliphatic carbocycles. The summed E-state index contributed by atoms with van der Waals surface area (Å²) in [5.74, 6) is 0.401. The summed E-state index contributed by atoms with van der Waals surface area (Å²) >= 11 is 5.38. The van der Waals surface area contributed by atoms with Crippen molar-refractivity contribution < 1.29 is 13.2 Å². The maximum Gasteiger partial charge on any atom is 0.178 e. The molecule has 1 aromatic carbocycles. The van der Waals surface area contributed by atoms with Crippen LogP contribution in [0.25, 0.3) is 11.0 Å². The molecule has 2 heterocycles. The highest BCUT2D eigenvalue weighted by Gasteiger charge is 2.26. The van der Waals surface area contributed by atoms with Gasteiger partial charge in [0.15, 0.2) is 14.6 Å². The van der Waals surface area contributed by atoms with E-state index in [4.69, 9.17) is 17.0 Å². The van der Waals surface area contributed by atoms with Gasteiger partial charge in [-0.15, -0.1) is 0 Å². The molecule has 5 nitrogen and oxygen atoms in total. The van der Waals surface area contributed by atoms with E-state index in [-0.39, 0.29) is 6.10 Å². The first-order chi connectivity index (χ1) is 9.88. The molecular weight excluding hydrogens is 308 g/mol. The fourth-order valence-corrected chi connectivity index (χ4v) is 4.02. The highest BCUT2D eigenvalue weighted by molar-refractivity contribution is 7.91. The summed E-state index contributed by atoms with van der Waals surface area (Å²) in [6.07, 6.45) is 2.42. The van der Waals surface area contributed by atoms with Crippen LogP contribution < -0.4 is 0 Å². The molecule has 1 aromatic heterocycles. The maximum atomic E-state index is 11.9. The Morgan fingerprint density at radius 1 is 1.48 bits per heavy atom. The third-order valence-electron chi connectivity index (χ3n) is 4.12. The lowest BCUT2D eigenvalue weighted by Crippen LogP contribution is -2.17. The third-order valence-corrected chi connectivity index (χ3v) is 5.58. The van der Waals surface area contributed by atoms with Gasteiger partial charge in [-0.1, -0.05) is 6.07 Å². The number of benzene rings is 1. The number of H-pyrrole nitrogens is 1. The van der Waals surface area contributed by atoms with Crippen molar-refractivity contribution in [3.63, 3.8) is 0 Å². The van der Waals surface area contributed by atoms with Gasteiger partial charge in [-0.2, -0.15) is 0 Å². The van der Waals surface area contributed by atoms with E-state index >= 15 is 0 Å². The van der Waals surface area contributed by atoms with E-state index in [1.54, 1.807) is 12.1 Å². The Bertz CT molecular complexity index is 836. The average molecular weight is 326 g/mol. The maximum absolute atomic E-state index is 11.9. The number of sulfone groups is 1. The summed E-state index contributed by atoms with van der Waals surface area (Å²) in [5, 5.41) is 0. The quantitative estimate of drug-likeness (QED) is 0.880. The number of hydrogen-bond donors (Lipinski definition) is 1. The molecule has 114 valence electrons. The van der Waals surface area contributed by atoms with Crippen LogP contribution in [0.3, 0.4) is 0 Å². The monoisotopic (exact) mass is 326 g/mol. The molecule has 0 spiro atoms. The van der Waals surface area contributed by atoms with E-state index in [0.29, 0.717) is 21.1 Å². The molecule has 0 saturated carbocycles. The second-order valence-corrected chi connectivity index (χ2v) is 7.96. The van der Waals surface area contributed by atoms with Crippen molar-refractivity contribution in [2.45, 2.75) is 30.9 Å². The van der Waals surface area contributed by atoms with E-state index in [1.807, 2.05) is 10.6 Å². The first kappa shape index (κ1) is 14.7. The zero-order chi connectivity index (χ0) is 15.2. The standard InChI is InChI=1S/C14H18N2O3S2/c1-9-10(6-7-19-9)8-16-11-4-3-5-12(21(2,17)18)13(11)15-14(16)20/h3-5,9-10H,6-8H2,1-2H3,(H,15,20). The number of para-hydroxylation sites is 1. The van der Waals surface area contributed by atoms with Crippen LogP contribution in [0, 0.1) is 10.7 Å². The Morgan fingerprint density at radius 3 is 2.86 bits per heavy atom. The zero-order valence-corrected chi connectivity index (χ0v) is 13.6. The van der Waals surface area contributed by atoms with Gasteiger partial charge in [0.25, 0.3) is 0 Å². The lowest BCUT2D eigenvalue weighted by Gasteiger charge is -2.15. The van der Waals surface area contributed by atoms with Crippen LogP contribution in [0.4, 0.5) is 0 Å². The van der Waals surface area contributed by atoms with Crippen molar-refractivity contribution >= 4 is 33.1 Å². The molecule has 2 unspecified atom stereocenters. The Balaban J connectivity index is 2.12. The van der Waals surface area contributed by atoms with Gasteiger partial charge in [0, 0.05) is 25.3 Å². The van der Waals surface area contributed by atoms with Gasteiger partial charge in [0.05, 0.1) is 22.0 Å². The number of hydrogen-bond acceptors (Lipinski definition) is 4. The van der Waals surface area contributed by atoms with Crippen molar-refractivity contribution in [2.75, 3.05) is 12.9 Å². The van der Waals surface area contributed by atoms with Gasteiger partial charge in [-0.05, 0) is 37.7 Å². The number of aromatic nitrogens is 2. The van der Waals surface area contributed by atoms with Crippen LogP contribution in [-0.4, -0.2) is 36.9 Å². The van der Waals surface area contributed by atoms with Gasteiger partial charge < -0.3 is 14.3 Å². The Labute approximate surface area is 128 Å². The topological polar surface area (TPSA) is 64.1 Å². The van der Waals surface area contributed by atoms with Crippen LogP contribution in [0.15, 0.2) is 23.1 Å². The highest BCUT2D eigenvalue weighted by Crippen LogP contribution is 2.27. The molecule has 1 aliphatic heterocycles. The van der Waals surface area contributed by atoms with Crippen molar-refractivity contribution in [3.05, 3.63) is 23.0 Å². The van der Waals surface area contributed by atoms with Crippen molar-refractivity contribution in [3.8, 4) is 0 Å². The number of fused-ring (bicyclic) bond motifs is 1. The lowest BCUT2D eigenvalue weighted by molar-refractivity contribution is 0.102. The average Bonchev–Trinajstić information content (AvgIpc) is 2.93. The van der Waals surface area contributed by atoms with Gasteiger partial charge in [0.1, 0.15) is 0 Å². The summed E-state index contributed by atoms with van der Waals surface area (Å²) < 4.78 is 31.9. The van der Waals surface area contributed by atoms with Crippen LogP contribution >= 0.6 is 12.2 Å². The number of nitrogens with one attached hydrogen (secondary N) is 1. The predicted molar refractivity (Wildman–Crippen MR) is 83.8 cm³/mol. The summed E-state index contributed by atoms with van der Waals surface area (Å²) in [5.41, 5.74) is 1.43. The van der Waals surface area contributed by atoms with Gasteiger partial charge >= 0.3 is 0 Å². The van der Waals surface area contributed by atoms with E-state index in [0.717, 1.165) is 25.1 Å². The van der Waals surface area contributed by atoms with Crippen molar-refractivity contribution in [1.82, 2.24) is 9.55 Å². The molecule has 1 fully saturated rings. The van der Waals surface area contributed by atoms with Gasteiger partial charge in [0.2, 0.25) is 0 Å². The number of aromatic amines is 1. The minimum absolute atomic E-state index is 0.204. The second kappa shape index (κ2) is 5.23. The number of nitrogens with zero attached hydrogens (tertiary/aromatic N) is 1. The van der Waals surface area contributed by atoms with Crippen molar-refractivity contribution in [2.24, 2.45) is 5.92 Å². The zero-order valence-electron chi connectivity index (χ0n) is 12.0. The van der Waals surface area contributed by atoms with Crippen molar-refractivity contribution in [1.29, 1.82) is 0 Å². The Kier molecular flexibility index (Phi) is 3.67. The molecule has 3 rings (SSSR count). The lowest BCUT2D eigenvalue weighted by atomic mass is 10.0. The molecule has 2 aromatic rings. The number of ether oxygens (including phenoxy) is 1. The summed E-state index contributed by atoms with van der Waals surface area (Å²) in [7, 11) is -3.29. The fraction of sp³-hybridized carbons (Fsp3) is 0.500. The van der Waals surface area contributed by atoms with Crippen LogP contribution in [0.1, 0.15) is 13.3 Å². The smallest absolute Gasteiger partial charge is 0.178 e.